The molecule has 0 amide bonds. The summed E-state index contributed by atoms with van der Waals surface area (Å²) in [5.41, 5.74) is -0.137. The average Bonchev–Trinajstić information content (AvgIpc) is 2.91. The summed E-state index contributed by atoms with van der Waals surface area (Å²) in [5, 5.41) is 5.69. The fourth-order valence-corrected chi connectivity index (χ4v) is 3.54. The quantitative estimate of drug-likeness (QED) is 0.618. The van der Waals surface area contributed by atoms with Crippen molar-refractivity contribution in [1.82, 2.24) is 10.2 Å². The predicted molar refractivity (Wildman–Crippen MR) is 63.9 cm³/mol. The molecule has 0 atom stereocenters. The van der Waals surface area contributed by atoms with Crippen LogP contribution >= 0.6 is 23.1 Å². The fourth-order valence-electron chi connectivity index (χ4n) is 1.52. The lowest BCUT2D eigenvalue weighted by Gasteiger charge is -2.11. The summed E-state index contributed by atoms with van der Waals surface area (Å²) >= 11 is 1.75. The highest BCUT2D eigenvalue weighted by Gasteiger charge is 2.45. The molecule has 0 radical (unpaired) electrons. The summed E-state index contributed by atoms with van der Waals surface area (Å²) in [5.74, 6) is 0.278. The third-order valence-corrected chi connectivity index (χ3v) is 5.31. The first-order valence-electron chi connectivity index (χ1n) is 5.45. The summed E-state index contributed by atoms with van der Waals surface area (Å²) in [7, 11) is 1.33. The van der Waals surface area contributed by atoms with Crippen LogP contribution in [-0.4, -0.2) is 29.0 Å². The number of halogens is 3. The van der Waals surface area contributed by atoms with E-state index in [1.165, 1.54) is 18.9 Å². The molecule has 0 spiro atoms. The van der Waals surface area contributed by atoms with Crippen molar-refractivity contribution < 1.29 is 22.7 Å². The van der Waals surface area contributed by atoms with Crippen molar-refractivity contribution in [2.75, 3.05) is 12.9 Å². The van der Waals surface area contributed by atoms with Gasteiger partial charge in [0.2, 0.25) is 5.01 Å². The number of esters is 1. The highest BCUT2D eigenvalue weighted by molar-refractivity contribution is 8.01. The number of nitrogens with zero attached hydrogens (tertiary/aromatic N) is 2. The topological polar surface area (TPSA) is 52.1 Å². The minimum absolute atomic E-state index is 0.137. The highest BCUT2D eigenvalue weighted by atomic mass is 32.2. The average molecular weight is 312 g/mol. The van der Waals surface area contributed by atoms with Crippen molar-refractivity contribution in [2.24, 2.45) is 5.41 Å². The van der Waals surface area contributed by atoms with E-state index in [0.717, 1.165) is 12.8 Å². The number of thioether (sulfide) groups is 1. The highest BCUT2D eigenvalue weighted by Crippen LogP contribution is 2.52. The van der Waals surface area contributed by atoms with Crippen LogP contribution in [0.3, 0.4) is 0 Å². The van der Waals surface area contributed by atoms with Crippen LogP contribution in [0.2, 0.25) is 0 Å². The van der Waals surface area contributed by atoms with Gasteiger partial charge in [-0.15, -0.1) is 10.2 Å². The minimum Gasteiger partial charge on any atom is -0.469 e. The summed E-state index contributed by atoms with van der Waals surface area (Å²) in [6, 6.07) is 0. The van der Waals surface area contributed by atoms with Crippen LogP contribution in [0.5, 0.6) is 0 Å². The van der Waals surface area contributed by atoms with Crippen molar-refractivity contribution in [3.63, 3.8) is 0 Å². The second-order valence-electron chi connectivity index (χ2n) is 4.41. The van der Waals surface area contributed by atoms with Gasteiger partial charge < -0.3 is 4.74 Å². The minimum atomic E-state index is -4.44. The Bertz CT molecular complexity index is 472. The molecule has 1 aromatic rings. The molecule has 1 aliphatic rings. The van der Waals surface area contributed by atoms with Crippen LogP contribution < -0.4 is 0 Å². The van der Waals surface area contributed by atoms with Crippen molar-refractivity contribution >= 4 is 29.1 Å². The van der Waals surface area contributed by atoms with Crippen molar-refractivity contribution in [2.45, 2.75) is 29.8 Å². The van der Waals surface area contributed by atoms with E-state index in [4.69, 9.17) is 0 Å². The maximum atomic E-state index is 12.3. The Hall–Kier alpha value is -0.830. The molecule has 0 bridgehead atoms. The summed E-state index contributed by atoms with van der Waals surface area (Å²) in [6.45, 7) is 0. The number of hydrogen-bond acceptors (Lipinski definition) is 6. The standard InChI is InChI=1S/C10H11F3N2O2S2/c1-17-6(16)4-9(2-3-9)5-18-8-15-14-7(19-8)10(11,12)13/h2-5H2,1H3. The third kappa shape index (κ3) is 3.82. The lowest BCUT2D eigenvalue weighted by Crippen LogP contribution is -2.12. The Kier molecular flexibility index (Phi) is 4.05. The van der Waals surface area contributed by atoms with E-state index in [1.54, 1.807) is 0 Å². The molecule has 1 heterocycles. The Balaban J connectivity index is 1.89. The molecule has 1 fully saturated rings. The van der Waals surface area contributed by atoms with Gasteiger partial charge in [-0.25, -0.2) is 0 Å². The molecule has 0 aromatic carbocycles. The molecule has 1 aliphatic carbocycles. The number of carbonyl (C=O) groups is 1. The molecule has 0 N–H and O–H groups in total. The van der Waals surface area contributed by atoms with Crippen LogP contribution in [0.15, 0.2) is 4.34 Å². The summed E-state index contributed by atoms with van der Waals surface area (Å²) in [6.07, 6.45) is -2.36. The smallest absolute Gasteiger partial charge is 0.445 e. The fraction of sp³-hybridized carbons (Fsp3) is 0.700. The zero-order chi connectivity index (χ0) is 14.1. The van der Waals surface area contributed by atoms with Crippen molar-refractivity contribution in [3.8, 4) is 0 Å². The monoisotopic (exact) mass is 312 g/mol. The van der Waals surface area contributed by atoms with Gasteiger partial charge in [-0.3, -0.25) is 4.79 Å². The Morgan fingerprint density at radius 1 is 1.47 bits per heavy atom. The molecular weight excluding hydrogens is 301 g/mol. The van der Waals surface area contributed by atoms with Crippen LogP contribution in [0, 0.1) is 5.41 Å². The number of alkyl halides is 3. The number of carbonyl (C=O) groups excluding carboxylic acids is 1. The molecule has 0 saturated heterocycles. The molecule has 1 aromatic heterocycles. The maximum absolute atomic E-state index is 12.3. The zero-order valence-electron chi connectivity index (χ0n) is 9.99. The number of ether oxygens (including phenoxy) is 1. The normalized spacial score (nSPS) is 17.3. The van der Waals surface area contributed by atoms with E-state index in [-0.39, 0.29) is 15.7 Å². The Morgan fingerprint density at radius 2 is 2.16 bits per heavy atom. The van der Waals surface area contributed by atoms with Crippen LogP contribution in [0.1, 0.15) is 24.3 Å². The van der Waals surface area contributed by atoms with Gasteiger partial charge in [-0.05, 0) is 18.3 Å². The van der Waals surface area contributed by atoms with Crippen LogP contribution in [-0.2, 0) is 15.7 Å². The molecule has 4 nitrogen and oxygen atoms in total. The largest absolute Gasteiger partial charge is 0.469 e. The molecule has 19 heavy (non-hydrogen) atoms. The van der Waals surface area contributed by atoms with Gasteiger partial charge in [0.15, 0.2) is 4.34 Å². The van der Waals surface area contributed by atoms with Crippen molar-refractivity contribution in [1.29, 1.82) is 0 Å². The first-order chi connectivity index (χ1) is 8.85. The molecule has 0 aliphatic heterocycles. The second-order valence-corrected chi connectivity index (χ2v) is 6.61. The Morgan fingerprint density at radius 3 is 2.63 bits per heavy atom. The van der Waals surface area contributed by atoms with E-state index in [0.29, 0.717) is 23.5 Å². The molecule has 106 valence electrons. The summed E-state index contributed by atoms with van der Waals surface area (Å²) in [4.78, 5) is 11.2. The van der Waals surface area contributed by atoms with E-state index in [9.17, 15) is 18.0 Å². The first kappa shape index (κ1) is 14.6. The van der Waals surface area contributed by atoms with E-state index in [1.807, 2.05) is 0 Å². The van der Waals surface area contributed by atoms with Gasteiger partial charge in [-0.2, -0.15) is 13.2 Å². The molecule has 1 saturated carbocycles. The maximum Gasteiger partial charge on any atom is 0.445 e. The molecular formula is C10H11F3N2O2S2. The Labute approximate surface area is 115 Å². The van der Waals surface area contributed by atoms with Gasteiger partial charge in [0, 0.05) is 5.75 Å². The van der Waals surface area contributed by atoms with Gasteiger partial charge in [0.1, 0.15) is 0 Å². The van der Waals surface area contributed by atoms with Crippen molar-refractivity contribution in [3.05, 3.63) is 5.01 Å². The lowest BCUT2D eigenvalue weighted by molar-refractivity contribution is -0.142. The lowest BCUT2D eigenvalue weighted by atomic mass is 10.1. The molecule has 0 unspecified atom stereocenters. The van der Waals surface area contributed by atoms with Crippen LogP contribution in [0.25, 0.3) is 0 Å². The van der Waals surface area contributed by atoms with E-state index >= 15 is 0 Å². The van der Waals surface area contributed by atoms with Gasteiger partial charge in [0.25, 0.3) is 0 Å². The molecule has 2 rings (SSSR count). The second kappa shape index (κ2) is 5.28. The number of hydrogen-bond donors (Lipinski definition) is 0. The van der Waals surface area contributed by atoms with Gasteiger partial charge in [-0.1, -0.05) is 23.1 Å². The molecule has 9 heteroatoms. The van der Waals surface area contributed by atoms with E-state index in [2.05, 4.69) is 14.9 Å². The van der Waals surface area contributed by atoms with Gasteiger partial charge >= 0.3 is 12.1 Å². The number of rotatable bonds is 5. The summed E-state index contributed by atoms with van der Waals surface area (Å²) < 4.78 is 41.9. The van der Waals surface area contributed by atoms with Gasteiger partial charge in [0.05, 0.1) is 13.5 Å². The number of methoxy groups -OCH3 is 1. The van der Waals surface area contributed by atoms with Crippen LogP contribution in [0.4, 0.5) is 13.2 Å². The third-order valence-electron chi connectivity index (χ3n) is 2.85. The zero-order valence-corrected chi connectivity index (χ0v) is 11.6. The number of aromatic nitrogens is 2. The SMILES string of the molecule is COC(=O)CC1(CSc2nnc(C(F)(F)F)s2)CC1. The van der Waals surface area contributed by atoms with E-state index < -0.39 is 11.2 Å². The first-order valence-corrected chi connectivity index (χ1v) is 7.25. The predicted octanol–water partition coefficient (Wildman–Crippen LogP) is 2.99.